The van der Waals surface area contributed by atoms with Gasteiger partial charge in [-0.2, -0.15) is 0 Å². The highest BCUT2D eigenvalue weighted by atomic mass is 32.4. The van der Waals surface area contributed by atoms with Gasteiger partial charge in [0, 0.05) is 53.7 Å². The Morgan fingerprint density at radius 2 is 1.14 bits per heavy atom. The summed E-state index contributed by atoms with van der Waals surface area (Å²) in [6.45, 7) is 0. The van der Waals surface area contributed by atoms with E-state index < -0.39 is 6.04 Å². The average Bonchev–Trinajstić information content (AvgIpc) is 3.55. The molecule has 0 saturated heterocycles. The monoisotopic (exact) mass is 593 g/mol. The first-order chi connectivity index (χ1) is 20.7. The second-order valence-electron chi connectivity index (χ2n) is 10.9. The Bertz CT molecular complexity index is 2470. The second-order valence-corrected chi connectivity index (χ2v) is 16.2. The van der Waals surface area contributed by atoms with Crippen LogP contribution in [0, 0.1) is 0 Å². The number of thiophene rings is 1. The van der Waals surface area contributed by atoms with Crippen LogP contribution in [0.25, 0.3) is 47.7 Å². The minimum absolute atomic E-state index is 0.786. The van der Waals surface area contributed by atoms with Crippen molar-refractivity contribution in [2.45, 2.75) is 0 Å². The first kappa shape index (κ1) is 23.2. The average molecular weight is 594 g/mol. The van der Waals surface area contributed by atoms with Crippen molar-refractivity contribution in [2.75, 3.05) is 0 Å². The second kappa shape index (κ2) is 8.11. The number of hydrogen-bond donors (Lipinski definition) is 0. The van der Waals surface area contributed by atoms with Crippen molar-refractivity contribution in [3.8, 4) is 28.7 Å². The fourth-order valence-corrected chi connectivity index (χ4v) is 12.5. The van der Waals surface area contributed by atoms with Gasteiger partial charge in [-0.1, -0.05) is 78.5 Å². The maximum Gasteiger partial charge on any atom is 0.142 e. The van der Waals surface area contributed by atoms with E-state index in [1.807, 2.05) is 23.5 Å². The molecule has 0 aliphatic carbocycles. The normalized spacial score (nSPS) is 16.7. The maximum absolute atomic E-state index is 6.87. The number of hydrogen-bond acceptors (Lipinski definition) is 4. The van der Waals surface area contributed by atoms with Crippen molar-refractivity contribution in [1.29, 1.82) is 0 Å². The molecular formula is C36H20NO2PS2. The lowest BCUT2D eigenvalue weighted by molar-refractivity contribution is 0.466. The van der Waals surface area contributed by atoms with Crippen molar-refractivity contribution in [1.82, 2.24) is 4.57 Å². The third kappa shape index (κ3) is 2.88. The van der Waals surface area contributed by atoms with Gasteiger partial charge in [0.25, 0.3) is 0 Å². The van der Waals surface area contributed by atoms with Gasteiger partial charge >= 0.3 is 0 Å². The van der Waals surface area contributed by atoms with Crippen LogP contribution in [0.4, 0.5) is 0 Å². The molecule has 0 fully saturated rings. The molecule has 6 aromatic carbocycles. The van der Waals surface area contributed by atoms with E-state index in [1.165, 1.54) is 30.9 Å². The van der Waals surface area contributed by atoms with Crippen molar-refractivity contribution in [3.63, 3.8) is 0 Å². The molecule has 6 heteroatoms. The highest BCUT2D eigenvalue weighted by Gasteiger charge is 2.43. The molecule has 10 rings (SSSR count). The lowest BCUT2D eigenvalue weighted by atomic mass is 10.1. The van der Waals surface area contributed by atoms with Crippen LogP contribution >= 0.6 is 17.4 Å². The predicted octanol–water partition coefficient (Wildman–Crippen LogP) is 9.12. The first-order valence-electron chi connectivity index (χ1n) is 13.9. The Morgan fingerprint density at radius 1 is 0.524 bits per heavy atom. The molecule has 0 N–H and O–H groups in total. The zero-order chi connectivity index (χ0) is 27.6. The van der Waals surface area contributed by atoms with Gasteiger partial charge in [0.05, 0.1) is 28.1 Å². The Balaban J connectivity index is 1.31. The molecule has 3 nitrogen and oxygen atoms in total. The Labute approximate surface area is 250 Å². The van der Waals surface area contributed by atoms with Crippen LogP contribution in [0.1, 0.15) is 0 Å². The Kier molecular flexibility index (Phi) is 4.48. The van der Waals surface area contributed by atoms with Gasteiger partial charge < -0.3 is 14.0 Å². The number of fused-ring (bicyclic) bond motifs is 10. The third-order valence-corrected chi connectivity index (χ3v) is 14.6. The number of rotatable bonds is 1. The van der Waals surface area contributed by atoms with Crippen LogP contribution in [-0.2, 0) is 11.8 Å². The summed E-state index contributed by atoms with van der Waals surface area (Å²) in [4.78, 5) is 0. The molecule has 4 heterocycles. The molecular weight excluding hydrogens is 574 g/mol. The summed E-state index contributed by atoms with van der Waals surface area (Å²) in [5.41, 5.74) is 3.28. The molecule has 0 amide bonds. The summed E-state index contributed by atoms with van der Waals surface area (Å²) >= 11 is 8.66. The molecule has 0 spiro atoms. The van der Waals surface area contributed by atoms with Crippen LogP contribution in [-0.4, -0.2) is 4.57 Å². The molecule has 2 aliphatic rings. The molecule has 0 radical (unpaired) electrons. The summed E-state index contributed by atoms with van der Waals surface area (Å²) in [5.74, 6) is 3.26. The van der Waals surface area contributed by atoms with Gasteiger partial charge in [-0.15, -0.1) is 11.3 Å². The SMILES string of the molecule is S=P12c3ccccc3Oc3cc(-n4c5ccccc5c5ccccc54)cc(c31)Oc1cc3c(cc12)sc1ccccc13. The Hall–Kier alpha value is -4.41. The van der Waals surface area contributed by atoms with E-state index in [0.717, 1.165) is 55.6 Å². The summed E-state index contributed by atoms with van der Waals surface area (Å²) in [6, 6.07) is 40.3. The topological polar surface area (TPSA) is 23.4 Å². The lowest BCUT2D eigenvalue weighted by Gasteiger charge is -2.37. The zero-order valence-electron chi connectivity index (χ0n) is 22.1. The standard InChI is InChI=1S/C36H20NO2PS2/c41-40-32-15-7-6-14-28(32)38-30-17-21(37-26-12-4-1-9-22(26)23-10-2-5-13-27(23)37)18-31(36(30)40)39-29-19-25-24-11-3-8-16-34(24)42-35(25)20-33(29)40/h1-20H. The number of para-hydroxylation sites is 3. The quantitative estimate of drug-likeness (QED) is 0.177. The summed E-state index contributed by atoms with van der Waals surface area (Å²) < 4.78 is 18.4. The number of nitrogens with zero attached hydrogens (tertiary/aromatic N) is 1. The molecule has 0 saturated carbocycles. The fourth-order valence-electron chi connectivity index (χ4n) is 6.84. The third-order valence-electron chi connectivity index (χ3n) is 8.62. The fraction of sp³-hybridized carbons (Fsp3) is 0. The van der Waals surface area contributed by atoms with E-state index in [1.54, 1.807) is 0 Å². The number of aromatic nitrogens is 1. The number of benzene rings is 6. The van der Waals surface area contributed by atoms with Gasteiger partial charge in [-0.25, -0.2) is 0 Å². The largest absolute Gasteiger partial charge is 0.456 e. The van der Waals surface area contributed by atoms with Gasteiger partial charge in [0.15, 0.2) is 0 Å². The lowest BCUT2D eigenvalue weighted by Crippen LogP contribution is -2.35. The molecule has 1 atom stereocenters. The van der Waals surface area contributed by atoms with Crippen LogP contribution in [0.15, 0.2) is 121 Å². The van der Waals surface area contributed by atoms with Crippen molar-refractivity contribution in [3.05, 3.63) is 121 Å². The highest BCUT2D eigenvalue weighted by Crippen LogP contribution is 2.60. The molecule has 0 bridgehead atoms. The van der Waals surface area contributed by atoms with Crippen molar-refractivity contribution < 1.29 is 9.47 Å². The molecule has 2 aliphatic heterocycles. The van der Waals surface area contributed by atoms with Crippen LogP contribution in [0.5, 0.6) is 23.0 Å². The molecule has 42 heavy (non-hydrogen) atoms. The van der Waals surface area contributed by atoms with Crippen LogP contribution < -0.4 is 25.4 Å². The van der Waals surface area contributed by atoms with Crippen LogP contribution in [0.2, 0.25) is 0 Å². The molecule has 8 aromatic rings. The van der Waals surface area contributed by atoms with Gasteiger partial charge in [0.2, 0.25) is 0 Å². The van der Waals surface area contributed by atoms with E-state index in [0.29, 0.717) is 0 Å². The van der Waals surface area contributed by atoms with Gasteiger partial charge in [0.1, 0.15) is 23.0 Å². The van der Waals surface area contributed by atoms with Gasteiger partial charge in [-0.3, -0.25) is 0 Å². The minimum Gasteiger partial charge on any atom is -0.456 e. The summed E-state index contributed by atoms with van der Waals surface area (Å²) in [6.07, 6.45) is 0. The minimum atomic E-state index is -2.47. The summed E-state index contributed by atoms with van der Waals surface area (Å²) in [5, 5.41) is 8.09. The molecule has 2 aromatic heterocycles. The van der Waals surface area contributed by atoms with E-state index in [4.69, 9.17) is 21.3 Å². The zero-order valence-corrected chi connectivity index (χ0v) is 24.6. The van der Waals surface area contributed by atoms with E-state index in [-0.39, 0.29) is 0 Å². The van der Waals surface area contributed by atoms with E-state index in [2.05, 4.69) is 114 Å². The molecule has 1 unspecified atom stereocenters. The van der Waals surface area contributed by atoms with Crippen LogP contribution in [0.3, 0.4) is 0 Å². The summed E-state index contributed by atoms with van der Waals surface area (Å²) in [7, 11) is 0. The number of ether oxygens (including phenoxy) is 2. The van der Waals surface area contributed by atoms with E-state index in [9.17, 15) is 0 Å². The predicted molar refractivity (Wildman–Crippen MR) is 180 cm³/mol. The maximum atomic E-state index is 6.87. The van der Waals surface area contributed by atoms with Gasteiger partial charge in [-0.05, 0) is 42.5 Å². The highest BCUT2D eigenvalue weighted by molar-refractivity contribution is 8.26. The smallest absolute Gasteiger partial charge is 0.142 e. The van der Waals surface area contributed by atoms with Crippen molar-refractivity contribution in [2.24, 2.45) is 0 Å². The first-order valence-corrected chi connectivity index (χ1v) is 17.5. The Morgan fingerprint density at radius 3 is 1.90 bits per heavy atom. The van der Waals surface area contributed by atoms with E-state index >= 15 is 0 Å². The molecule has 198 valence electrons. The van der Waals surface area contributed by atoms with Crippen molar-refractivity contribution >= 4 is 87.1 Å².